The zero-order chi connectivity index (χ0) is 14.9. The molecule has 1 aromatic rings. The van der Waals surface area contributed by atoms with Crippen molar-refractivity contribution in [1.82, 2.24) is 20.4 Å². The fourth-order valence-electron chi connectivity index (χ4n) is 1.86. The van der Waals surface area contributed by atoms with Gasteiger partial charge in [0.1, 0.15) is 5.01 Å². The van der Waals surface area contributed by atoms with Crippen LogP contribution in [0.5, 0.6) is 0 Å². The highest BCUT2D eigenvalue weighted by molar-refractivity contribution is 7.15. The predicted octanol–water partition coefficient (Wildman–Crippen LogP) is 1.19. The van der Waals surface area contributed by atoms with Crippen molar-refractivity contribution in [3.63, 3.8) is 0 Å². The lowest BCUT2D eigenvalue weighted by Crippen LogP contribution is -2.39. The number of nitrogens with zero attached hydrogens (tertiary/aromatic N) is 3. The first-order valence-corrected chi connectivity index (χ1v) is 7.23. The van der Waals surface area contributed by atoms with E-state index in [2.05, 4.69) is 20.8 Å². The molecule has 7 nitrogen and oxygen atoms in total. The number of carbonyl (C=O) groups excluding carboxylic acids is 2. The first kappa shape index (κ1) is 14.7. The van der Waals surface area contributed by atoms with Crippen molar-refractivity contribution in [1.29, 1.82) is 0 Å². The van der Waals surface area contributed by atoms with Gasteiger partial charge in [0.05, 0.1) is 6.04 Å². The summed E-state index contributed by atoms with van der Waals surface area (Å²) in [5.74, 6) is 0.0428. The van der Waals surface area contributed by atoms with Crippen LogP contribution in [0.15, 0.2) is 0 Å². The Hall–Kier alpha value is -1.70. The van der Waals surface area contributed by atoms with E-state index >= 15 is 0 Å². The number of urea groups is 1. The van der Waals surface area contributed by atoms with Gasteiger partial charge in [-0.05, 0) is 0 Å². The molecule has 0 aliphatic carbocycles. The summed E-state index contributed by atoms with van der Waals surface area (Å²) in [6, 6.07) is -0.503. The summed E-state index contributed by atoms with van der Waals surface area (Å²) in [5.41, 5.74) is -0.0886. The first-order chi connectivity index (χ1) is 9.25. The second-order valence-electron chi connectivity index (χ2n) is 5.94. The number of likely N-dealkylation sites (N-methyl/N-ethyl adjacent to an activating group) is 1. The van der Waals surface area contributed by atoms with Crippen molar-refractivity contribution in [3.8, 4) is 0 Å². The van der Waals surface area contributed by atoms with E-state index in [1.807, 2.05) is 20.8 Å². The van der Waals surface area contributed by atoms with Crippen LogP contribution >= 0.6 is 11.3 Å². The van der Waals surface area contributed by atoms with Gasteiger partial charge in [-0.1, -0.05) is 32.1 Å². The van der Waals surface area contributed by atoms with Crippen LogP contribution in [0.25, 0.3) is 0 Å². The molecule has 3 amide bonds. The molecule has 0 spiro atoms. The molecule has 1 saturated heterocycles. The molecule has 2 N–H and O–H groups in total. The lowest BCUT2D eigenvalue weighted by molar-refractivity contribution is -0.126. The van der Waals surface area contributed by atoms with E-state index in [1.165, 1.54) is 11.3 Å². The average molecular weight is 297 g/mol. The number of hydrogen-bond donors (Lipinski definition) is 2. The summed E-state index contributed by atoms with van der Waals surface area (Å²) in [7, 11) is 1.72. The van der Waals surface area contributed by atoms with Crippen molar-refractivity contribution in [2.24, 2.45) is 0 Å². The summed E-state index contributed by atoms with van der Waals surface area (Å²) in [5, 5.41) is 14.8. The lowest BCUT2D eigenvalue weighted by atomic mass is 9.98. The van der Waals surface area contributed by atoms with Gasteiger partial charge >= 0.3 is 6.03 Å². The Labute approximate surface area is 121 Å². The van der Waals surface area contributed by atoms with E-state index in [-0.39, 0.29) is 23.4 Å². The number of rotatable bonds is 2. The highest BCUT2D eigenvalue weighted by atomic mass is 32.1. The molecular weight excluding hydrogens is 278 g/mol. The Kier molecular flexibility index (Phi) is 3.94. The maximum atomic E-state index is 11.8. The van der Waals surface area contributed by atoms with Crippen LogP contribution in [0.4, 0.5) is 9.93 Å². The van der Waals surface area contributed by atoms with Crippen LogP contribution in [0, 0.1) is 0 Å². The Morgan fingerprint density at radius 2 is 2.10 bits per heavy atom. The maximum absolute atomic E-state index is 11.8. The summed E-state index contributed by atoms with van der Waals surface area (Å²) >= 11 is 1.36. The second-order valence-corrected chi connectivity index (χ2v) is 6.91. The molecule has 8 heteroatoms. The molecule has 0 aromatic carbocycles. The average Bonchev–Trinajstić information content (AvgIpc) is 2.86. The van der Waals surface area contributed by atoms with E-state index in [0.29, 0.717) is 18.1 Å². The van der Waals surface area contributed by atoms with E-state index in [9.17, 15) is 9.59 Å². The summed E-state index contributed by atoms with van der Waals surface area (Å²) in [6.07, 6.45) is 0.341. The molecule has 1 aromatic heterocycles. The monoisotopic (exact) mass is 297 g/mol. The summed E-state index contributed by atoms with van der Waals surface area (Å²) in [6.45, 7) is 6.65. The van der Waals surface area contributed by atoms with Gasteiger partial charge in [-0.25, -0.2) is 4.79 Å². The minimum absolute atomic E-state index is 0.0428. The van der Waals surface area contributed by atoms with Crippen molar-refractivity contribution in [2.45, 2.75) is 38.6 Å². The smallest absolute Gasteiger partial charge is 0.321 e. The number of aromatic nitrogens is 2. The van der Waals surface area contributed by atoms with Crippen LogP contribution < -0.4 is 10.6 Å². The fourth-order valence-corrected chi connectivity index (χ4v) is 2.65. The highest BCUT2D eigenvalue weighted by Gasteiger charge is 2.28. The van der Waals surface area contributed by atoms with Gasteiger partial charge in [-0.3, -0.25) is 10.1 Å². The van der Waals surface area contributed by atoms with Gasteiger partial charge < -0.3 is 10.2 Å². The topological polar surface area (TPSA) is 87.2 Å². The lowest BCUT2D eigenvalue weighted by Gasteiger charge is -2.13. The van der Waals surface area contributed by atoms with Crippen LogP contribution in [0.1, 0.15) is 32.2 Å². The number of amides is 3. The van der Waals surface area contributed by atoms with Gasteiger partial charge in [0, 0.05) is 25.4 Å². The fraction of sp³-hybridized carbons (Fsp3) is 0.667. The molecule has 110 valence electrons. The van der Waals surface area contributed by atoms with E-state index in [0.717, 1.165) is 5.01 Å². The number of carbonyl (C=O) groups is 2. The van der Waals surface area contributed by atoms with Gasteiger partial charge in [-0.15, -0.1) is 10.2 Å². The van der Waals surface area contributed by atoms with Crippen molar-refractivity contribution < 1.29 is 9.59 Å². The standard InChI is InChI=1S/C12H19N5O2S/c1-12(2,3)9-15-16-11(20-9)14-10(19)13-7-5-8(18)17(4)6-7/h7H,5-6H2,1-4H3,(H2,13,14,16,19)/t7-/m1/s1. The predicted molar refractivity (Wildman–Crippen MR) is 76.8 cm³/mol. The van der Waals surface area contributed by atoms with Gasteiger partial charge in [-0.2, -0.15) is 0 Å². The quantitative estimate of drug-likeness (QED) is 0.858. The summed E-state index contributed by atoms with van der Waals surface area (Å²) < 4.78 is 0. The molecule has 0 radical (unpaired) electrons. The number of likely N-dealkylation sites (tertiary alicyclic amines) is 1. The van der Waals surface area contributed by atoms with Crippen LogP contribution in [0.2, 0.25) is 0 Å². The van der Waals surface area contributed by atoms with Crippen molar-refractivity contribution in [3.05, 3.63) is 5.01 Å². The third-order valence-corrected chi connectivity index (χ3v) is 4.23. The second kappa shape index (κ2) is 5.35. The third kappa shape index (κ3) is 3.44. The molecule has 20 heavy (non-hydrogen) atoms. The third-order valence-electron chi connectivity index (χ3n) is 2.96. The Morgan fingerprint density at radius 1 is 1.40 bits per heavy atom. The Morgan fingerprint density at radius 3 is 2.60 bits per heavy atom. The van der Waals surface area contributed by atoms with Gasteiger partial charge in [0.15, 0.2) is 0 Å². The largest absolute Gasteiger partial charge is 0.344 e. The van der Waals surface area contributed by atoms with Gasteiger partial charge in [0.25, 0.3) is 0 Å². The molecule has 2 rings (SSSR count). The van der Waals surface area contributed by atoms with Crippen LogP contribution in [-0.4, -0.2) is 46.7 Å². The number of anilines is 1. The molecule has 1 fully saturated rings. The molecule has 1 aliphatic heterocycles. The minimum atomic E-state index is -0.352. The van der Waals surface area contributed by atoms with E-state index in [4.69, 9.17) is 0 Å². The Balaban J connectivity index is 1.89. The number of hydrogen-bond acceptors (Lipinski definition) is 5. The normalized spacial score (nSPS) is 19.3. The highest BCUT2D eigenvalue weighted by Crippen LogP contribution is 2.27. The first-order valence-electron chi connectivity index (χ1n) is 6.41. The number of nitrogens with one attached hydrogen (secondary N) is 2. The zero-order valence-corrected chi connectivity index (χ0v) is 12.9. The molecular formula is C12H19N5O2S. The Bertz CT molecular complexity index is 522. The summed E-state index contributed by atoms with van der Waals surface area (Å²) in [4.78, 5) is 24.8. The van der Waals surface area contributed by atoms with E-state index < -0.39 is 0 Å². The molecule has 1 atom stereocenters. The molecule has 2 heterocycles. The maximum Gasteiger partial charge on any atom is 0.321 e. The SMILES string of the molecule is CN1C[C@H](NC(=O)Nc2nnc(C(C)(C)C)s2)CC1=O. The van der Waals surface area contributed by atoms with Gasteiger partial charge in [0.2, 0.25) is 11.0 Å². The molecule has 0 bridgehead atoms. The van der Waals surface area contributed by atoms with Crippen molar-refractivity contribution in [2.75, 3.05) is 18.9 Å². The zero-order valence-electron chi connectivity index (χ0n) is 12.1. The van der Waals surface area contributed by atoms with Crippen LogP contribution in [-0.2, 0) is 10.2 Å². The molecule has 0 unspecified atom stereocenters. The van der Waals surface area contributed by atoms with Crippen LogP contribution in [0.3, 0.4) is 0 Å². The molecule has 0 saturated carbocycles. The van der Waals surface area contributed by atoms with Crippen molar-refractivity contribution >= 4 is 28.4 Å². The van der Waals surface area contributed by atoms with E-state index in [1.54, 1.807) is 11.9 Å². The minimum Gasteiger partial charge on any atom is -0.344 e. The molecule has 1 aliphatic rings.